The third kappa shape index (κ3) is 6.36. The number of nitrogens with one attached hydrogen (secondary N) is 1. The predicted molar refractivity (Wildman–Crippen MR) is 75.9 cm³/mol. The number of carbonyl (C=O) groups is 1. The second-order valence-corrected chi connectivity index (χ2v) is 6.16. The van der Waals surface area contributed by atoms with Crippen molar-refractivity contribution in [1.82, 2.24) is 10.2 Å². The van der Waals surface area contributed by atoms with Gasteiger partial charge in [-0.2, -0.15) is 0 Å². The predicted octanol–water partition coefficient (Wildman–Crippen LogP) is 2.20. The van der Waals surface area contributed by atoms with Gasteiger partial charge in [-0.3, -0.25) is 4.79 Å². The number of rotatable bonds is 8. The Bertz CT molecular complexity index is 249. The molecule has 0 bridgehead atoms. The van der Waals surface area contributed by atoms with Crippen molar-refractivity contribution in [2.75, 3.05) is 20.1 Å². The maximum absolute atomic E-state index is 11.1. The van der Waals surface area contributed by atoms with Crippen LogP contribution < -0.4 is 5.32 Å². The summed E-state index contributed by atoms with van der Waals surface area (Å²) in [6, 6.07) is -0.00214. The maximum atomic E-state index is 11.1. The second-order valence-electron chi connectivity index (χ2n) is 6.16. The lowest BCUT2D eigenvalue weighted by Crippen LogP contribution is -2.44. The summed E-state index contributed by atoms with van der Waals surface area (Å²) in [6.45, 7) is 12.4. The third-order valence-electron chi connectivity index (χ3n) is 3.62. The van der Waals surface area contributed by atoms with Gasteiger partial charge < -0.3 is 15.3 Å². The molecule has 18 heavy (non-hydrogen) atoms. The fourth-order valence-corrected chi connectivity index (χ4v) is 1.82. The fourth-order valence-electron chi connectivity index (χ4n) is 1.82. The first-order valence-corrected chi connectivity index (χ1v) is 6.86. The highest BCUT2D eigenvalue weighted by molar-refractivity contribution is 5.73. The lowest BCUT2D eigenvalue weighted by Gasteiger charge is -2.35. The molecular weight excluding hydrogens is 228 g/mol. The molecule has 2 N–H and O–H groups in total. The number of hydrogen-bond acceptors (Lipinski definition) is 3. The zero-order valence-electron chi connectivity index (χ0n) is 12.8. The second kappa shape index (κ2) is 7.74. The smallest absolute Gasteiger partial charge is 0.320 e. The molecular formula is C14H30N2O2. The van der Waals surface area contributed by atoms with Crippen LogP contribution >= 0.6 is 0 Å². The summed E-state index contributed by atoms with van der Waals surface area (Å²) < 4.78 is 0. The van der Waals surface area contributed by atoms with Gasteiger partial charge in [-0.25, -0.2) is 0 Å². The van der Waals surface area contributed by atoms with E-state index in [4.69, 9.17) is 5.11 Å². The Morgan fingerprint density at radius 1 is 1.39 bits per heavy atom. The fraction of sp³-hybridized carbons (Fsp3) is 0.929. The minimum Gasteiger partial charge on any atom is -0.480 e. The summed E-state index contributed by atoms with van der Waals surface area (Å²) >= 11 is 0. The van der Waals surface area contributed by atoms with E-state index in [-0.39, 0.29) is 5.41 Å². The molecule has 0 radical (unpaired) electrons. The summed E-state index contributed by atoms with van der Waals surface area (Å²) in [5, 5.41) is 12.2. The first-order valence-electron chi connectivity index (χ1n) is 6.86. The van der Waals surface area contributed by atoms with Gasteiger partial charge in [0, 0.05) is 12.6 Å². The number of aliphatic carboxylic acids is 1. The molecule has 4 nitrogen and oxygen atoms in total. The van der Waals surface area contributed by atoms with Crippen LogP contribution in [0.4, 0.5) is 0 Å². The molecule has 0 aromatic rings. The number of carboxylic acid groups (broad SMARTS) is 1. The highest BCUT2D eigenvalue weighted by Gasteiger charge is 2.25. The molecule has 0 rings (SSSR count). The van der Waals surface area contributed by atoms with Gasteiger partial charge in [-0.1, -0.05) is 27.7 Å². The van der Waals surface area contributed by atoms with Gasteiger partial charge in [0.25, 0.3) is 0 Å². The van der Waals surface area contributed by atoms with Crippen LogP contribution in [0.1, 0.15) is 47.5 Å². The molecule has 108 valence electrons. The zero-order valence-corrected chi connectivity index (χ0v) is 12.8. The van der Waals surface area contributed by atoms with E-state index in [1.54, 1.807) is 0 Å². The minimum absolute atomic E-state index is 0.213. The van der Waals surface area contributed by atoms with Crippen LogP contribution in [-0.4, -0.2) is 48.2 Å². The number of hydrogen-bond donors (Lipinski definition) is 2. The van der Waals surface area contributed by atoms with Gasteiger partial charge in [0.05, 0.1) is 0 Å². The van der Waals surface area contributed by atoms with Crippen LogP contribution in [0.15, 0.2) is 0 Å². The van der Waals surface area contributed by atoms with Crippen molar-refractivity contribution in [2.45, 2.75) is 59.5 Å². The summed E-state index contributed by atoms with van der Waals surface area (Å²) in [6.07, 6.45) is 1.60. The first kappa shape index (κ1) is 17.4. The molecule has 0 aromatic heterocycles. The summed E-state index contributed by atoms with van der Waals surface area (Å²) in [7, 11) is 2.06. The van der Waals surface area contributed by atoms with E-state index < -0.39 is 12.0 Å². The molecule has 0 saturated carbocycles. The van der Waals surface area contributed by atoms with Gasteiger partial charge >= 0.3 is 5.97 Å². The quantitative estimate of drug-likeness (QED) is 0.701. The van der Waals surface area contributed by atoms with E-state index in [1.165, 1.54) is 0 Å². The van der Waals surface area contributed by atoms with Crippen molar-refractivity contribution in [2.24, 2.45) is 5.41 Å². The normalized spacial score (nSPS) is 15.7. The highest BCUT2D eigenvalue weighted by Crippen LogP contribution is 2.23. The van der Waals surface area contributed by atoms with Crippen LogP contribution in [0.3, 0.4) is 0 Å². The molecule has 0 aromatic carbocycles. The minimum atomic E-state index is -0.750. The van der Waals surface area contributed by atoms with Crippen LogP contribution in [-0.2, 0) is 4.79 Å². The topological polar surface area (TPSA) is 52.6 Å². The molecule has 4 heteroatoms. The Morgan fingerprint density at radius 3 is 2.33 bits per heavy atom. The average molecular weight is 258 g/mol. The van der Waals surface area contributed by atoms with Crippen molar-refractivity contribution in [3.63, 3.8) is 0 Å². The van der Waals surface area contributed by atoms with E-state index in [0.29, 0.717) is 12.5 Å². The van der Waals surface area contributed by atoms with Crippen LogP contribution in [0.25, 0.3) is 0 Å². The van der Waals surface area contributed by atoms with Crippen molar-refractivity contribution in [3.05, 3.63) is 0 Å². The summed E-state index contributed by atoms with van der Waals surface area (Å²) in [5.74, 6) is -0.750. The van der Waals surface area contributed by atoms with Crippen molar-refractivity contribution in [3.8, 4) is 0 Å². The zero-order chi connectivity index (χ0) is 14.3. The number of carboxylic acids is 1. The largest absolute Gasteiger partial charge is 0.480 e. The molecule has 0 fully saturated rings. The molecule has 0 aliphatic rings. The Morgan fingerprint density at radius 2 is 1.94 bits per heavy atom. The standard InChI is InChI=1S/C14H30N2O2/c1-7-9-15-12(13(17)18)8-10-16(6)11(2)14(3,4)5/h11-12,15H,7-10H2,1-6H3,(H,17,18). The lowest BCUT2D eigenvalue weighted by atomic mass is 9.87. The third-order valence-corrected chi connectivity index (χ3v) is 3.62. The molecule has 0 heterocycles. The Hall–Kier alpha value is -0.610. The van der Waals surface area contributed by atoms with E-state index >= 15 is 0 Å². The highest BCUT2D eigenvalue weighted by atomic mass is 16.4. The maximum Gasteiger partial charge on any atom is 0.320 e. The van der Waals surface area contributed by atoms with Gasteiger partial charge in [-0.05, 0) is 38.8 Å². The van der Waals surface area contributed by atoms with Crippen molar-refractivity contribution in [1.29, 1.82) is 0 Å². The Labute approximate surface area is 112 Å². The molecule has 0 amide bonds. The van der Waals surface area contributed by atoms with E-state index in [1.807, 2.05) is 6.92 Å². The van der Waals surface area contributed by atoms with E-state index in [2.05, 4.69) is 45.0 Å². The molecule has 2 unspecified atom stereocenters. The molecule has 2 atom stereocenters. The van der Waals surface area contributed by atoms with Crippen molar-refractivity contribution < 1.29 is 9.90 Å². The monoisotopic (exact) mass is 258 g/mol. The Kier molecular flexibility index (Phi) is 7.48. The SMILES string of the molecule is CCCNC(CCN(C)C(C)C(C)(C)C)C(=O)O. The van der Waals surface area contributed by atoms with Crippen LogP contribution in [0, 0.1) is 5.41 Å². The van der Waals surface area contributed by atoms with E-state index in [9.17, 15) is 4.79 Å². The van der Waals surface area contributed by atoms with E-state index in [0.717, 1.165) is 19.5 Å². The van der Waals surface area contributed by atoms with Gasteiger partial charge in [0.2, 0.25) is 0 Å². The van der Waals surface area contributed by atoms with Gasteiger partial charge in [0.1, 0.15) is 6.04 Å². The van der Waals surface area contributed by atoms with Gasteiger partial charge in [0.15, 0.2) is 0 Å². The van der Waals surface area contributed by atoms with Crippen LogP contribution in [0.2, 0.25) is 0 Å². The average Bonchev–Trinajstić information content (AvgIpc) is 2.26. The first-order chi connectivity index (χ1) is 8.20. The summed E-state index contributed by atoms with van der Waals surface area (Å²) in [4.78, 5) is 13.3. The summed E-state index contributed by atoms with van der Waals surface area (Å²) in [5.41, 5.74) is 0.213. The molecule has 0 saturated heterocycles. The molecule has 0 aliphatic carbocycles. The van der Waals surface area contributed by atoms with Crippen LogP contribution in [0.5, 0.6) is 0 Å². The lowest BCUT2D eigenvalue weighted by molar-refractivity contribution is -0.139. The molecule has 0 aliphatic heterocycles. The van der Waals surface area contributed by atoms with Crippen molar-refractivity contribution >= 4 is 5.97 Å². The number of nitrogens with zero attached hydrogens (tertiary/aromatic N) is 1. The Balaban J connectivity index is 4.22. The molecule has 0 spiro atoms. The van der Waals surface area contributed by atoms with Gasteiger partial charge in [-0.15, -0.1) is 0 Å².